The minimum absolute atomic E-state index is 0.0295. The molecule has 0 bridgehead atoms. The number of furan rings is 1. The molecule has 0 aliphatic rings. The largest absolute Gasteiger partial charge is 0.467 e. The number of carbonyl (C=O) groups excluding carboxylic acids is 2. The zero-order valence-electron chi connectivity index (χ0n) is 14.7. The van der Waals surface area contributed by atoms with E-state index >= 15 is 0 Å². The van der Waals surface area contributed by atoms with Crippen molar-refractivity contribution in [1.29, 1.82) is 0 Å². The molecule has 3 rings (SSSR count). The maximum absolute atomic E-state index is 12.2. The zero-order valence-corrected chi connectivity index (χ0v) is 15.4. The molecule has 0 unspecified atom stereocenters. The molecule has 9 heteroatoms. The Hall–Kier alpha value is -3.13. The lowest BCUT2D eigenvalue weighted by molar-refractivity contribution is -0.125. The molecule has 1 N–H and O–H groups in total. The second-order valence-corrected chi connectivity index (χ2v) is 6.22. The average molecular weight is 389 g/mol. The number of rotatable bonds is 6. The van der Waals surface area contributed by atoms with Crippen molar-refractivity contribution in [3.8, 4) is 5.69 Å². The molecule has 140 valence electrons. The van der Waals surface area contributed by atoms with Crippen LogP contribution in [0.5, 0.6) is 0 Å². The molecule has 0 saturated carbocycles. The molecular weight excluding hydrogens is 372 g/mol. The van der Waals surface area contributed by atoms with Gasteiger partial charge in [-0.05, 0) is 44.2 Å². The molecule has 0 radical (unpaired) electrons. The smallest absolute Gasteiger partial charge is 0.361 e. The van der Waals surface area contributed by atoms with E-state index in [4.69, 9.17) is 20.8 Å². The Balaban J connectivity index is 1.60. The van der Waals surface area contributed by atoms with Gasteiger partial charge >= 0.3 is 5.97 Å². The van der Waals surface area contributed by atoms with Gasteiger partial charge in [-0.1, -0.05) is 17.7 Å². The average Bonchev–Trinajstić information content (AvgIpc) is 3.29. The van der Waals surface area contributed by atoms with Crippen molar-refractivity contribution >= 4 is 23.5 Å². The van der Waals surface area contributed by atoms with Gasteiger partial charge in [-0.15, -0.1) is 5.10 Å². The number of ether oxygens (including phenoxy) is 1. The highest BCUT2D eigenvalue weighted by molar-refractivity contribution is 6.30. The first-order valence-corrected chi connectivity index (χ1v) is 8.51. The van der Waals surface area contributed by atoms with Gasteiger partial charge in [0.05, 0.1) is 23.7 Å². The SMILES string of the molecule is Cc1nn(-c2cccc(Cl)c2)nc1C(=O)OCC(=O)N[C@H](C)c1ccco1. The first kappa shape index (κ1) is 18.7. The van der Waals surface area contributed by atoms with Crippen molar-refractivity contribution < 1.29 is 18.7 Å². The topological polar surface area (TPSA) is 99.3 Å². The number of benzene rings is 1. The molecule has 0 aliphatic carbocycles. The van der Waals surface area contributed by atoms with Crippen LogP contribution in [0.15, 0.2) is 47.1 Å². The highest BCUT2D eigenvalue weighted by Gasteiger charge is 2.20. The Labute approximate surface area is 160 Å². The van der Waals surface area contributed by atoms with Crippen LogP contribution in [0.4, 0.5) is 0 Å². The summed E-state index contributed by atoms with van der Waals surface area (Å²) in [4.78, 5) is 25.5. The van der Waals surface area contributed by atoms with Gasteiger partial charge < -0.3 is 14.5 Å². The fourth-order valence-corrected chi connectivity index (χ4v) is 2.56. The molecule has 1 aromatic carbocycles. The van der Waals surface area contributed by atoms with Gasteiger partial charge in [0.1, 0.15) is 5.76 Å². The molecule has 0 saturated heterocycles. The third-order valence-corrected chi connectivity index (χ3v) is 3.93. The number of esters is 1. The molecule has 27 heavy (non-hydrogen) atoms. The van der Waals surface area contributed by atoms with E-state index in [9.17, 15) is 9.59 Å². The van der Waals surface area contributed by atoms with Crippen molar-refractivity contribution in [2.24, 2.45) is 0 Å². The van der Waals surface area contributed by atoms with Crippen molar-refractivity contribution in [3.05, 3.63) is 64.8 Å². The van der Waals surface area contributed by atoms with Gasteiger partial charge in [-0.2, -0.15) is 9.90 Å². The van der Waals surface area contributed by atoms with Gasteiger partial charge in [0, 0.05) is 5.02 Å². The Kier molecular flexibility index (Phi) is 5.56. The third-order valence-electron chi connectivity index (χ3n) is 3.70. The molecular formula is C18H17ClN4O4. The number of halogens is 1. The zero-order chi connectivity index (χ0) is 19.4. The van der Waals surface area contributed by atoms with E-state index in [1.807, 2.05) is 0 Å². The van der Waals surface area contributed by atoms with Crippen LogP contribution in [0.25, 0.3) is 5.69 Å². The lowest BCUT2D eigenvalue weighted by atomic mass is 10.2. The van der Waals surface area contributed by atoms with Gasteiger partial charge in [0.25, 0.3) is 5.91 Å². The number of nitrogens with zero attached hydrogens (tertiary/aromatic N) is 3. The number of hydrogen-bond donors (Lipinski definition) is 1. The van der Waals surface area contributed by atoms with Crippen LogP contribution in [0, 0.1) is 6.92 Å². The van der Waals surface area contributed by atoms with E-state index in [1.54, 1.807) is 50.2 Å². The lowest BCUT2D eigenvalue weighted by Crippen LogP contribution is -2.31. The van der Waals surface area contributed by atoms with E-state index < -0.39 is 18.5 Å². The van der Waals surface area contributed by atoms with Crippen LogP contribution in [0.3, 0.4) is 0 Å². The summed E-state index contributed by atoms with van der Waals surface area (Å²) in [6, 6.07) is 10.0. The summed E-state index contributed by atoms with van der Waals surface area (Å²) in [6.45, 7) is 2.95. The number of amides is 1. The summed E-state index contributed by atoms with van der Waals surface area (Å²) < 4.78 is 10.2. The monoisotopic (exact) mass is 388 g/mol. The van der Waals surface area contributed by atoms with E-state index in [1.165, 1.54) is 11.1 Å². The van der Waals surface area contributed by atoms with Crippen molar-refractivity contribution in [1.82, 2.24) is 20.3 Å². The van der Waals surface area contributed by atoms with E-state index in [0.29, 0.717) is 22.2 Å². The minimum Gasteiger partial charge on any atom is -0.467 e. The van der Waals surface area contributed by atoms with Crippen LogP contribution in [0.1, 0.15) is 34.9 Å². The van der Waals surface area contributed by atoms with Gasteiger partial charge in [-0.3, -0.25) is 4.79 Å². The second kappa shape index (κ2) is 8.05. The van der Waals surface area contributed by atoms with Crippen LogP contribution < -0.4 is 5.32 Å². The fraction of sp³-hybridized carbons (Fsp3) is 0.222. The number of aromatic nitrogens is 3. The standard InChI is InChI=1S/C18H17ClN4O4/c1-11(15-7-4-8-26-15)20-16(24)10-27-18(25)17-12(2)21-23(22-17)14-6-3-5-13(19)9-14/h3-9,11H,10H2,1-2H3,(H,20,24)/t11-/m1/s1. The summed E-state index contributed by atoms with van der Waals surface area (Å²) in [5, 5.41) is 11.5. The second-order valence-electron chi connectivity index (χ2n) is 5.78. The number of aryl methyl sites for hydroxylation is 1. The first-order chi connectivity index (χ1) is 12.9. The van der Waals surface area contributed by atoms with E-state index in [0.717, 1.165) is 0 Å². The third kappa shape index (κ3) is 4.53. The summed E-state index contributed by atoms with van der Waals surface area (Å²) in [5.74, 6) is -0.580. The number of carbonyl (C=O) groups is 2. The lowest BCUT2D eigenvalue weighted by Gasteiger charge is -2.11. The predicted octanol–water partition coefficient (Wildman–Crippen LogP) is 2.86. The van der Waals surface area contributed by atoms with Crippen LogP contribution in [-0.4, -0.2) is 33.5 Å². The van der Waals surface area contributed by atoms with Crippen molar-refractivity contribution in [3.63, 3.8) is 0 Å². The summed E-state index contributed by atoms with van der Waals surface area (Å²) in [6.07, 6.45) is 1.52. The highest BCUT2D eigenvalue weighted by atomic mass is 35.5. The van der Waals surface area contributed by atoms with Crippen LogP contribution in [0.2, 0.25) is 5.02 Å². The molecule has 8 nitrogen and oxygen atoms in total. The highest BCUT2D eigenvalue weighted by Crippen LogP contribution is 2.15. The van der Waals surface area contributed by atoms with Gasteiger partial charge in [0.15, 0.2) is 12.3 Å². The molecule has 0 fully saturated rings. The molecule has 1 atom stereocenters. The van der Waals surface area contributed by atoms with E-state index in [2.05, 4.69) is 15.5 Å². The Bertz CT molecular complexity index is 952. The maximum Gasteiger partial charge on any atom is 0.361 e. The molecule has 0 spiro atoms. The van der Waals surface area contributed by atoms with Crippen LogP contribution >= 0.6 is 11.6 Å². The van der Waals surface area contributed by atoms with Crippen LogP contribution in [-0.2, 0) is 9.53 Å². The summed E-state index contributed by atoms with van der Waals surface area (Å²) >= 11 is 5.96. The molecule has 2 aromatic heterocycles. The molecule has 1 amide bonds. The Morgan fingerprint density at radius 2 is 2.11 bits per heavy atom. The molecule has 0 aliphatic heterocycles. The molecule has 3 aromatic rings. The molecule has 2 heterocycles. The quantitative estimate of drug-likeness (QED) is 0.652. The van der Waals surface area contributed by atoms with Gasteiger partial charge in [-0.25, -0.2) is 4.79 Å². The Morgan fingerprint density at radius 1 is 1.30 bits per heavy atom. The maximum atomic E-state index is 12.2. The summed E-state index contributed by atoms with van der Waals surface area (Å²) in [5.41, 5.74) is 1.01. The minimum atomic E-state index is -0.735. The predicted molar refractivity (Wildman–Crippen MR) is 96.7 cm³/mol. The van der Waals surface area contributed by atoms with Gasteiger partial charge in [0.2, 0.25) is 0 Å². The van der Waals surface area contributed by atoms with E-state index in [-0.39, 0.29) is 11.7 Å². The Morgan fingerprint density at radius 3 is 2.81 bits per heavy atom. The van der Waals surface area contributed by atoms with Crippen molar-refractivity contribution in [2.75, 3.05) is 6.61 Å². The number of hydrogen-bond acceptors (Lipinski definition) is 6. The fourth-order valence-electron chi connectivity index (χ4n) is 2.37. The normalized spacial score (nSPS) is 11.8. The first-order valence-electron chi connectivity index (χ1n) is 8.14. The number of nitrogens with one attached hydrogen (secondary N) is 1. The van der Waals surface area contributed by atoms with Crippen molar-refractivity contribution in [2.45, 2.75) is 19.9 Å². The summed E-state index contributed by atoms with van der Waals surface area (Å²) in [7, 11) is 0.